The number of fused-ring (bicyclic) bond motifs is 1. The molecule has 1 aromatic carbocycles. The Hall–Kier alpha value is -1.75. The van der Waals surface area contributed by atoms with Crippen LogP contribution in [0.2, 0.25) is 5.02 Å². The molecule has 0 spiro atoms. The summed E-state index contributed by atoms with van der Waals surface area (Å²) in [5.41, 5.74) is 1.70. The molecule has 2 amide bonds. The van der Waals surface area contributed by atoms with Gasteiger partial charge in [0.05, 0.1) is 22.9 Å². The molecule has 0 fully saturated rings. The zero-order valence-electron chi connectivity index (χ0n) is 10.1. The number of benzene rings is 1. The van der Waals surface area contributed by atoms with Gasteiger partial charge in [-0.25, -0.2) is 0 Å². The van der Waals surface area contributed by atoms with Gasteiger partial charge in [-0.1, -0.05) is 11.6 Å². The molecule has 2 N–H and O–H groups in total. The fourth-order valence-electron chi connectivity index (χ4n) is 1.96. The molecule has 0 saturated heterocycles. The van der Waals surface area contributed by atoms with Crippen molar-refractivity contribution in [1.29, 1.82) is 0 Å². The minimum Gasteiger partial charge on any atom is -0.492 e. The van der Waals surface area contributed by atoms with E-state index in [-0.39, 0.29) is 11.8 Å². The summed E-state index contributed by atoms with van der Waals surface area (Å²) in [5, 5.41) is 5.55. The summed E-state index contributed by atoms with van der Waals surface area (Å²) >= 11 is 6.11. The van der Waals surface area contributed by atoms with Crippen LogP contribution in [0.1, 0.15) is 22.8 Å². The van der Waals surface area contributed by atoms with Gasteiger partial charge in [0.2, 0.25) is 5.91 Å². The number of hydrogen-bond acceptors (Lipinski definition) is 3. The Morgan fingerprint density at radius 1 is 1.44 bits per heavy atom. The number of hydrogen-bond donors (Lipinski definition) is 2. The number of anilines is 1. The van der Waals surface area contributed by atoms with Gasteiger partial charge in [0.15, 0.2) is 0 Å². The van der Waals surface area contributed by atoms with Crippen LogP contribution < -0.4 is 15.4 Å². The fourth-order valence-corrected chi connectivity index (χ4v) is 2.23. The zero-order chi connectivity index (χ0) is 13.3. The highest BCUT2D eigenvalue weighted by Gasteiger charge is 2.26. The Kier molecular flexibility index (Phi) is 3.43. The Labute approximate surface area is 109 Å². The van der Waals surface area contributed by atoms with Gasteiger partial charge in [0.25, 0.3) is 5.91 Å². The second-order valence-corrected chi connectivity index (χ2v) is 4.35. The third-order valence-corrected chi connectivity index (χ3v) is 3.00. The zero-order valence-corrected chi connectivity index (χ0v) is 10.9. The molecule has 1 aromatic rings. The molecule has 96 valence electrons. The van der Waals surface area contributed by atoms with Crippen molar-refractivity contribution in [3.05, 3.63) is 22.2 Å². The summed E-state index contributed by atoms with van der Waals surface area (Å²) in [7, 11) is 1.54. The first-order valence-electron chi connectivity index (χ1n) is 5.52. The Morgan fingerprint density at radius 2 is 2.17 bits per heavy atom. The maximum Gasteiger partial charge on any atom is 0.254 e. The van der Waals surface area contributed by atoms with Crippen LogP contribution >= 0.6 is 11.6 Å². The normalized spacial score (nSPS) is 12.6. The SMILES string of the molecule is CNC(=O)c1cc(Cl)c(NC(C)=O)c2c1OCC2. The van der Waals surface area contributed by atoms with Crippen molar-refractivity contribution < 1.29 is 14.3 Å². The largest absolute Gasteiger partial charge is 0.492 e. The number of carbonyl (C=O) groups excluding carboxylic acids is 2. The molecule has 0 bridgehead atoms. The van der Waals surface area contributed by atoms with Crippen LogP contribution in [0.4, 0.5) is 5.69 Å². The van der Waals surface area contributed by atoms with Gasteiger partial charge in [0.1, 0.15) is 5.75 Å². The Morgan fingerprint density at radius 3 is 2.78 bits per heavy atom. The molecule has 0 unspecified atom stereocenters. The number of nitrogens with one attached hydrogen (secondary N) is 2. The molecule has 6 heteroatoms. The van der Waals surface area contributed by atoms with E-state index in [1.54, 1.807) is 7.05 Å². The van der Waals surface area contributed by atoms with Crippen molar-refractivity contribution in [3.63, 3.8) is 0 Å². The molecule has 0 atom stereocenters. The third kappa shape index (κ3) is 2.13. The van der Waals surface area contributed by atoms with Gasteiger partial charge in [-0.3, -0.25) is 9.59 Å². The topological polar surface area (TPSA) is 67.4 Å². The molecule has 1 aliphatic rings. The molecule has 1 aliphatic heterocycles. The lowest BCUT2D eigenvalue weighted by Gasteiger charge is -2.13. The number of ether oxygens (including phenoxy) is 1. The Bertz CT molecular complexity index is 529. The number of carbonyl (C=O) groups is 2. The van der Waals surface area contributed by atoms with Crippen molar-refractivity contribution in [2.75, 3.05) is 19.0 Å². The summed E-state index contributed by atoms with van der Waals surface area (Å²) in [4.78, 5) is 22.9. The molecule has 0 radical (unpaired) electrons. The maximum atomic E-state index is 11.7. The van der Waals surface area contributed by atoms with Gasteiger partial charge >= 0.3 is 0 Å². The summed E-state index contributed by atoms with van der Waals surface area (Å²) in [5.74, 6) is 0.0330. The van der Waals surface area contributed by atoms with E-state index in [4.69, 9.17) is 16.3 Å². The van der Waals surface area contributed by atoms with Crippen LogP contribution in [0.15, 0.2) is 6.07 Å². The lowest BCUT2D eigenvalue weighted by atomic mass is 10.0. The molecule has 0 aromatic heterocycles. The summed E-state index contributed by atoms with van der Waals surface area (Å²) < 4.78 is 5.46. The number of amides is 2. The van der Waals surface area contributed by atoms with Gasteiger partial charge < -0.3 is 15.4 Å². The number of halogens is 1. The quantitative estimate of drug-likeness (QED) is 0.856. The summed E-state index contributed by atoms with van der Waals surface area (Å²) in [6, 6.07) is 1.51. The van der Waals surface area contributed by atoms with Crippen molar-refractivity contribution in [1.82, 2.24) is 5.32 Å². The van der Waals surface area contributed by atoms with Gasteiger partial charge in [-0.15, -0.1) is 0 Å². The van der Waals surface area contributed by atoms with E-state index < -0.39 is 0 Å². The third-order valence-electron chi connectivity index (χ3n) is 2.70. The highest BCUT2D eigenvalue weighted by Crippen LogP contribution is 2.40. The van der Waals surface area contributed by atoms with Crippen LogP contribution in [0.25, 0.3) is 0 Å². The molecule has 2 rings (SSSR count). The fraction of sp³-hybridized carbons (Fsp3) is 0.333. The average molecular weight is 269 g/mol. The van der Waals surface area contributed by atoms with E-state index in [9.17, 15) is 9.59 Å². The Balaban J connectivity index is 2.56. The van der Waals surface area contributed by atoms with Crippen LogP contribution in [0.5, 0.6) is 5.75 Å². The van der Waals surface area contributed by atoms with Gasteiger partial charge in [0, 0.05) is 26.0 Å². The molecule has 0 saturated carbocycles. The number of rotatable bonds is 2. The van der Waals surface area contributed by atoms with Gasteiger partial charge in [-0.2, -0.15) is 0 Å². The highest BCUT2D eigenvalue weighted by molar-refractivity contribution is 6.34. The lowest BCUT2D eigenvalue weighted by Crippen LogP contribution is -2.19. The van der Waals surface area contributed by atoms with Crippen LogP contribution in [-0.2, 0) is 11.2 Å². The van der Waals surface area contributed by atoms with E-state index in [2.05, 4.69) is 10.6 Å². The van der Waals surface area contributed by atoms with Crippen LogP contribution in [-0.4, -0.2) is 25.5 Å². The van der Waals surface area contributed by atoms with E-state index in [0.29, 0.717) is 35.1 Å². The van der Waals surface area contributed by atoms with Crippen LogP contribution in [0.3, 0.4) is 0 Å². The highest BCUT2D eigenvalue weighted by atomic mass is 35.5. The van der Waals surface area contributed by atoms with Crippen molar-refractivity contribution >= 4 is 29.1 Å². The second kappa shape index (κ2) is 4.86. The molecular formula is C12H13ClN2O3. The molecule has 0 aliphatic carbocycles. The minimum atomic E-state index is -0.260. The standard InChI is InChI=1S/C12H13ClN2O3/c1-6(16)15-10-7-3-4-18-11(7)8(5-9(10)13)12(17)14-2/h5H,3-4H2,1-2H3,(H,14,17)(H,15,16). The van der Waals surface area contributed by atoms with Crippen LogP contribution in [0, 0.1) is 0 Å². The van der Waals surface area contributed by atoms with Crippen molar-refractivity contribution in [2.45, 2.75) is 13.3 Å². The predicted molar refractivity (Wildman–Crippen MR) is 68.3 cm³/mol. The summed E-state index contributed by atoms with van der Waals surface area (Å²) in [6.45, 7) is 1.89. The predicted octanol–water partition coefficient (Wildman–Crippen LogP) is 1.59. The molecule has 1 heterocycles. The first-order chi connectivity index (χ1) is 8.54. The first-order valence-corrected chi connectivity index (χ1v) is 5.90. The lowest BCUT2D eigenvalue weighted by molar-refractivity contribution is -0.114. The van der Waals surface area contributed by atoms with E-state index in [1.807, 2.05) is 0 Å². The van der Waals surface area contributed by atoms with E-state index in [1.165, 1.54) is 13.0 Å². The molecule has 5 nitrogen and oxygen atoms in total. The molecule has 18 heavy (non-hydrogen) atoms. The molecular weight excluding hydrogens is 256 g/mol. The summed E-state index contributed by atoms with van der Waals surface area (Å²) in [6.07, 6.45) is 0.621. The first kappa shape index (κ1) is 12.7. The monoisotopic (exact) mass is 268 g/mol. The van der Waals surface area contributed by atoms with Crippen molar-refractivity contribution in [3.8, 4) is 5.75 Å². The smallest absolute Gasteiger partial charge is 0.254 e. The van der Waals surface area contributed by atoms with E-state index in [0.717, 1.165) is 5.56 Å². The maximum absolute atomic E-state index is 11.7. The van der Waals surface area contributed by atoms with Gasteiger partial charge in [-0.05, 0) is 6.07 Å². The van der Waals surface area contributed by atoms with Crippen molar-refractivity contribution in [2.24, 2.45) is 0 Å². The minimum absolute atomic E-state index is 0.210. The van der Waals surface area contributed by atoms with E-state index >= 15 is 0 Å². The average Bonchev–Trinajstić information content (AvgIpc) is 2.80. The second-order valence-electron chi connectivity index (χ2n) is 3.95.